The van der Waals surface area contributed by atoms with Gasteiger partial charge in [0.25, 0.3) is 11.8 Å². The first-order valence-corrected chi connectivity index (χ1v) is 13.8. The molecule has 8 heteroatoms. The van der Waals surface area contributed by atoms with Gasteiger partial charge in [-0.2, -0.15) is 10.2 Å². The molecule has 3 aliphatic carbocycles. The van der Waals surface area contributed by atoms with Crippen molar-refractivity contribution in [2.45, 2.75) is 104 Å². The summed E-state index contributed by atoms with van der Waals surface area (Å²) in [6.45, 7) is 7.85. The van der Waals surface area contributed by atoms with Crippen LogP contribution < -0.4 is 0 Å². The van der Waals surface area contributed by atoms with Crippen molar-refractivity contribution in [1.29, 1.82) is 0 Å². The van der Waals surface area contributed by atoms with E-state index in [1.54, 1.807) is 5.01 Å². The lowest BCUT2D eigenvalue weighted by atomic mass is 9.74. The predicted octanol–water partition coefficient (Wildman–Crippen LogP) is 4.67. The monoisotopic (exact) mass is 494 g/mol. The molecule has 36 heavy (non-hydrogen) atoms. The molecule has 2 amide bonds. The molecule has 0 aromatic rings. The second kappa shape index (κ2) is 9.60. The third-order valence-electron chi connectivity index (χ3n) is 9.12. The lowest BCUT2D eigenvalue weighted by Gasteiger charge is -2.30. The van der Waals surface area contributed by atoms with Gasteiger partial charge in [-0.25, -0.2) is 10.0 Å². The lowest BCUT2D eigenvalue weighted by Crippen LogP contribution is -2.42. The summed E-state index contributed by atoms with van der Waals surface area (Å²) in [4.78, 5) is 40.5. The van der Waals surface area contributed by atoms with Crippen LogP contribution in [0.3, 0.4) is 0 Å². The number of carbonyl (C=O) groups excluding carboxylic acids is 3. The van der Waals surface area contributed by atoms with Crippen molar-refractivity contribution < 1.29 is 19.5 Å². The van der Waals surface area contributed by atoms with Crippen LogP contribution in [0.15, 0.2) is 32.7 Å². The molecular weight excluding hydrogens is 456 g/mol. The molecule has 0 spiro atoms. The van der Waals surface area contributed by atoms with Crippen molar-refractivity contribution >= 4 is 29.0 Å². The summed E-state index contributed by atoms with van der Waals surface area (Å²) in [5.74, 6) is -1.31. The number of hydrazone groups is 2. The van der Waals surface area contributed by atoms with E-state index in [9.17, 15) is 19.5 Å². The number of carbonyl (C=O) groups is 3. The fourth-order valence-corrected chi connectivity index (χ4v) is 6.82. The first-order valence-electron chi connectivity index (χ1n) is 13.8. The smallest absolute Gasteiger partial charge is 0.277 e. The molecule has 5 aliphatic rings. The average Bonchev–Trinajstić information content (AvgIpc) is 3.68. The van der Waals surface area contributed by atoms with E-state index in [0.717, 1.165) is 51.4 Å². The normalized spacial score (nSPS) is 29.4. The Balaban J connectivity index is 1.45. The Morgan fingerprint density at radius 2 is 1.39 bits per heavy atom. The van der Waals surface area contributed by atoms with Crippen LogP contribution in [0, 0.1) is 17.8 Å². The summed E-state index contributed by atoms with van der Waals surface area (Å²) in [6.07, 6.45) is 9.93. The number of allylic oxidation sites excluding steroid dienone is 1. The van der Waals surface area contributed by atoms with Crippen LogP contribution in [-0.4, -0.2) is 56.2 Å². The Labute approximate surface area is 213 Å². The van der Waals surface area contributed by atoms with Gasteiger partial charge in [-0.3, -0.25) is 14.4 Å². The first kappa shape index (κ1) is 24.9. The van der Waals surface area contributed by atoms with E-state index in [0.29, 0.717) is 36.1 Å². The molecule has 2 aliphatic heterocycles. The van der Waals surface area contributed by atoms with E-state index in [4.69, 9.17) is 0 Å². The van der Waals surface area contributed by atoms with E-state index >= 15 is 0 Å². The standard InChI is InChI=1S/C28H38N4O4/c1-5-19-21(27(35)31(29-19)15(3)17-11-7-8-12-17)23-25(33)24(26(23)34)22-20(6-2)30-32(28(22)36)16(4)18-13-9-10-14-18/h15-18,21,33H,5-14H2,1-4H3. The largest absolute Gasteiger partial charge is 0.507 e. The van der Waals surface area contributed by atoms with Crippen LogP contribution in [0.25, 0.3) is 0 Å². The highest BCUT2D eigenvalue weighted by Gasteiger charge is 2.52. The lowest BCUT2D eigenvalue weighted by molar-refractivity contribution is -0.134. The van der Waals surface area contributed by atoms with Gasteiger partial charge in [-0.1, -0.05) is 39.5 Å². The minimum absolute atomic E-state index is 0.0160. The maximum atomic E-state index is 13.5. The number of nitrogens with zero attached hydrogens (tertiary/aromatic N) is 4. The van der Waals surface area contributed by atoms with Crippen LogP contribution in [0.1, 0.15) is 91.9 Å². The van der Waals surface area contributed by atoms with Crippen LogP contribution in [-0.2, 0) is 14.4 Å². The molecule has 3 unspecified atom stereocenters. The first-order chi connectivity index (χ1) is 17.3. The van der Waals surface area contributed by atoms with E-state index in [1.807, 2.05) is 27.7 Å². The Morgan fingerprint density at radius 3 is 1.89 bits per heavy atom. The highest BCUT2D eigenvalue weighted by atomic mass is 16.3. The summed E-state index contributed by atoms with van der Waals surface area (Å²) in [6, 6.07) is -0.0931. The maximum Gasteiger partial charge on any atom is 0.277 e. The van der Waals surface area contributed by atoms with Crippen LogP contribution in [0.5, 0.6) is 0 Å². The second-order valence-electron chi connectivity index (χ2n) is 11.0. The summed E-state index contributed by atoms with van der Waals surface area (Å²) >= 11 is 0. The predicted molar refractivity (Wildman–Crippen MR) is 137 cm³/mol. The fraction of sp³-hybridized carbons (Fsp3) is 0.679. The number of aliphatic hydroxyl groups excluding tert-OH is 1. The van der Waals surface area contributed by atoms with Crippen LogP contribution in [0.2, 0.25) is 0 Å². The minimum Gasteiger partial charge on any atom is -0.507 e. The Bertz CT molecular complexity index is 1100. The molecule has 1 N–H and O–H groups in total. The molecule has 5 rings (SSSR count). The third-order valence-corrected chi connectivity index (χ3v) is 9.12. The van der Waals surface area contributed by atoms with E-state index in [-0.39, 0.29) is 46.4 Å². The van der Waals surface area contributed by atoms with Gasteiger partial charge in [-0.15, -0.1) is 0 Å². The van der Waals surface area contributed by atoms with E-state index in [2.05, 4.69) is 10.2 Å². The van der Waals surface area contributed by atoms with Crippen molar-refractivity contribution in [3.05, 3.63) is 22.5 Å². The minimum atomic E-state index is -0.872. The summed E-state index contributed by atoms with van der Waals surface area (Å²) in [7, 11) is 0. The molecule has 0 aromatic carbocycles. The summed E-state index contributed by atoms with van der Waals surface area (Å²) in [5.41, 5.74) is 1.42. The Hall–Kier alpha value is -2.77. The van der Waals surface area contributed by atoms with Crippen molar-refractivity contribution in [3.63, 3.8) is 0 Å². The Kier molecular flexibility index (Phi) is 6.64. The zero-order chi connectivity index (χ0) is 25.7. The number of Topliss-reactive ketones (excluding diaryl/α,β-unsaturated/α-hetero) is 1. The summed E-state index contributed by atoms with van der Waals surface area (Å²) in [5, 5.41) is 23.4. The van der Waals surface area contributed by atoms with Crippen LogP contribution in [0.4, 0.5) is 0 Å². The SMILES string of the molecule is CCC1=NN(C(C)C2CCCC2)C(=O)C1=C1C(=O)C(C2C(=O)N(C(C)C3CCCC3)N=C2CC)=C1O. The van der Waals surface area contributed by atoms with Crippen molar-refractivity contribution in [3.8, 4) is 0 Å². The highest BCUT2D eigenvalue weighted by Crippen LogP contribution is 2.43. The molecule has 8 nitrogen and oxygen atoms in total. The number of hydrogen-bond donors (Lipinski definition) is 1. The highest BCUT2D eigenvalue weighted by molar-refractivity contribution is 6.35. The second-order valence-corrected chi connectivity index (χ2v) is 11.0. The molecule has 2 fully saturated rings. The number of hydrogen-bond acceptors (Lipinski definition) is 6. The Morgan fingerprint density at radius 1 is 0.833 bits per heavy atom. The van der Waals surface area contributed by atoms with Crippen LogP contribution >= 0.6 is 0 Å². The molecule has 0 aromatic heterocycles. The molecule has 2 saturated carbocycles. The van der Waals surface area contributed by atoms with Gasteiger partial charge >= 0.3 is 0 Å². The van der Waals surface area contributed by atoms with Gasteiger partial charge in [0, 0.05) is 0 Å². The molecule has 3 atom stereocenters. The van der Waals surface area contributed by atoms with Gasteiger partial charge < -0.3 is 5.11 Å². The molecule has 0 radical (unpaired) electrons. The molecule has 0 bridgehead atoms. The maximum absolute atomic E-state index is 13.5. The molecular formula is C28H38N4O4. The zero-order valence-corrected chi connectivity index (χ0v) is 21.9. The third kappa shape index (κ3) is 3.75. The quantitative estimate of drug-likeness (QED) is 0.520. The number of rotatable bonds is 7. The van der Waals surface area contributed by atoms with Gasteiger partial charge in [0.2, 0.25) is 0 Å². The molecule has 194 valence electrons. The summed E-state index contributed by atoms with van der Waals surface area (Å²) < 4.78 is 0. The number of aliphatic hydroxyl groups is 1. The van der Waals surface area contributed by atoms with Crippen molar-refractivity contribution in [2.24, 2.45) is 28.0 Å². The fourth-order valence-electron chi connectivity index (χ4n) is 6.82. The number of ketones is 1. The van der Waals surface area contributed by atoms with Gasteiger partial charge in [0.05, 0.1) is 40.2 Å². The van der Waals surface area contributed by atoms with Crippen molar-refractivity contribution in [2.75, 3.05) is 0 Å². The topological polar surface area (TPSA) is 103 Å². The van der Waals surface area contributed by atoms with E-state index < -0.39 is 11.7 Å². The molecule has 0 saturated heterocycles. The van der Waals surface area contributed by atoms with Gasteiger partial charge in [0.1, 0.15) is 11.7 Å². The van der Waals surface area contributed by atoms with Crippen molar-refractivity contribution in [1.82, 2.24) is 10.0 Å². The zero-order valence-electron chi connectivity index (χ0n) is 21.9. The molecule has 2 heterocycles. The number of amides is 2. The van der Waals surface area contributed by atoms with E-state index in [1.165, 1.54) is 5.01 Å². The van der Waals surface area contributed by atoms with Gasteiger partial charge in [-0.05, 0) is 64.2 Å². The van der Waals surface area contributed by atoms with Gasteiger partial charge in [0.15, 0.2) is 5.78 Å². The average molecular weight is 495 g/mol.